The van der Waals surface area contributed by atoms with Crippen LogP contribution in [-0.2, 0) is 9.59 Å². The Bertz CT molecular complexity index is 507. The summed E-state index contributed by atoms with van der Waals surface area (Å²) in [6, 6.07) is 6.13. The van der Waals surface area contributed by atoms with E-state index in [1.807, 2.05) is 0 Å². The van der Waals surface area contributed by atoms with Crippen molar-refractivity contribution in [1.29, 1.82) is 0 Å². The Balaban J connectivity index is 1.78. The van der Waals surface area contributed by atoms with Crippen molar-refractivity contribution in [2.45, 2.75) is 6.42 Å². The van der Waals surface area contributed by atoms with E-state index in [4.69, 9.17) is 4.74 Å². The molecule has 1 aliphatic heterocycles. The Kier molecular flexibility index (Phi) is 4.55. The van der Waals surface area contributed by atoms with E-state index in [2.05, 4.69) is 5.32 Å². The molecule has 0 spiro atoms. The lowest BCUT2D eigenvalue weighted by molar-refractivity contribution is -0.134. The van der Waals surface area contributed by atoms with Gasteiger partial charge in [-0.25, -0.2) is 4.39 Å². The smallest absolute Gasteiger partial charge is 0.227 e. The van der Waals surface area contributed by atoms with Crippen LogP contribution in [0.1, 0.15) is 6.42 Å². The molecule has 1 unspecified atom stereocenters. The summed E-state index contributed by atoms with van der Waals surface area (Å²) in [7, 11) is 1.65. The zero-order chi connectivity index (χ0) is 14.5. The maximum absolute atomic E-state index is 13.3. The third kappa shape index (κ3) is 3.46. The van der Waals surface area contributed by atoms with E-state index in [-0.39, 0.29) is 36.5 Å². The average molecular weight is 280 g/mol. The standard InChI is InChI=1S/C14H17FN2O3/c1-17(14(19)10-8-13(18)16-9-10)6-7-20-12-5-3-2-4-11(12)15/h2-5,10H,6-9H2,1H3,(H,16,18). The summed E-state index contributed by atoms with van der Waals surface area (Å²) in [6.07, 6.45) is 0.233. The number of carbonyl (C=O) groups excluding carboxylic acids is 2. The molecule has 20 heavy (non-hydrogen) atoms. The summed E-state index contributed by atoms with van der Waals surface area (Å²) in [4.78, 5) is 24.6. The van der Waals surface area contributed by atoms with Gasteiger partial charge in [0.05, 0.1) is 12.5 Å². The van der Waals surface area contributed by atoms with Gasteiger partial charge in [-0.2, -0.15) is 0 Å². The molecule has 5 nitrogen and oxygen atoms in total. The highest BCUT2D eigenvalue weighted by Crippen LogP contribution is 2.15. The van der Waals surface area contributed by atoms with Crippen molar-refractivity contribution in [2.24, 2.45) is 5.92 Å². The lowest BCUT2D eigenvalue weighted by Crippen LogP contribution is -2.36. The van der Waals surface area contributed by atoms with E-state index < -0.39 is 5.82 Å². The molecule has 1 saturated heterocycles. The van der Waals surface area contributed by atoms with Crippen LogP contribution in [0.2, 0.25) is 0 Å². The predicted molar refractivity (Wildman–Crippen MR) is 70.6 cm³/mol. The molecule has 2 rings (SSSR count). The molecule has 0 saturated carbocycles. The SMILES string of the molecule is CN(CCOc1ccccc1F)C(=O)C1CNC(=O)C1. The largest absolute Gasteiger partial charge is 0.489 e. The first-order chi connectivity index (χ1) is 9.58. The van der Waals surface area contributed by atoms with Gasteiger partial charge in [0.15, 0.2) is 11.6 Å². The second-order valence-corrected chi connectivity index (χ2v) is 4.74. The topological polar surface area (TPSA) is 58.6 Å². The van der Waals surface area contributed by atoms with Crippen LogP contribution in [0, 0.1) is 11.7 Å². The van der Waals surface area contributed by atoms with Crippen LogP contribution in [0.15, 0.2) is 24.3 Å². The fraction of sp³-hybridized carbons (Fsp3) is 0.429. The first-order valence-corrected chi connectivity index (χ1v) is 6.47. The van der Waals surface area contributed by atoms with E-state index in [0.717, 1.165) is 0 Å². The van der Waals surface area contributed by atoms with Crippen LogP contribution in [0.25, 0.3) is 0 Å². The van der Waals surface area contributed by atoms with Gasteiger partial charge in [0, 0.05) is 20.0 Å². The zero-order valence-corrected chi connectivity index (χ0v) is 11.3. The Morgan fingerprint density at radius 3 is 2.90 bits per heavy atom. The summed E-state index contributed by atoms with van der Waals surface area (Å²) < 4.78 is 18.6. The van der Waals surface area contributed by atoms with E-state index in [1.54, 1.807) is 19.2 Å². The number of ether oxygens (including phenoxy) is 1. The number of benzene rings is 1. The molecule has 0 aliphatic carbocycles. The summed E-state index contributed by atoms with van der Waals surface area (Å²) in [5, 5.41) is 2.63. The molecule has 1 fully saturated rings. The van der Waals surface area contributed by atoms with Crippen molar-refractivity contribution in [3.8, 4) is 5.75 Å². The number of nitrogens with one attached hydrogen (secondary N) is 1. The number of hydrogen-bond donors (Lipinski definition) is 1. The van der Waals surface area contributed by atoms with Crippen LogP contribution in [0.3, 0.4) is 0 Å². The van der Waals surface area contributed by atoms with Gasteiger partial charge >= 0.3 is 0 Å². The van der Waals surface area contributed by atoms with Gasteiger partial charge in [-0.05, 0) is 12.1 Å². The molecule has 2 amide bonds. The van der Waals surface area contributed by atoms with E-state index in [1.165, 1.54) is 17.0 Å². The molecule has 0 aromatic heterocycles. The number of rotatable bonds is 5. The summed E-state index contributed by atoms with van der Waals surface area (Å²) in [5.41, 5.74) is 0. The number of para-hydroxylation sites is 1. The van der Waals surface area contributed by atoms with Crippen molar-refractivity contribution >= 4 is 11.8 Å². The third-order valence-electron chi connectivity index (χ3n) is 3.22. The van der Waals surface area contributed by atoms with E-state index >= 15 is 0 Å². The van der Waals surface area contributed by atoms with Crippen molar-refractivity contribution in [2.75, 3.05) is 26.7 Å². The summed E-state index contributed by atoms with van der Waals surface area (Å²) in [5.74, 6) is -0.751. The predicted octanol–water partition coefficient (Wildman–Crippen LogP) is 0.799. The Morgan fingerprint density at radius 2 is 2.25 bits per heavy atom. The molecule has 0 bridgehead atoms. The van der Waals surface area contributed by atoms with Crippen LogP contribution in [-0.4, -0.2) is 43.5 Å². The third-order valence-corrected chi connectivity index (χ3v) is 3.22. The monoisotopic (exact) mass is 280 g/mol. The zero-order valence-electron chi connectivity index (χ0n) is 11.3. The lowest BCUT2D eigenvalue weighted by atomic mass is 10.1. The van der Waals surface area contributed by atoms with Crippen LogP contribution in [0.4, 0.5) is 4.39 Å². The van der Waals surface area contributed by atoms with Crippen molar-refractivity contribution in [3.63, 3.8) is 0 Å². The number of hydrogen-bond acceptors (Lipinski definition) is 3. The van der Waals surface area contributed by atoms with Gasteiger partial charge < -0.3 is 15.0 Å². The number of amides is 2. The molecular weight excluding hydrogens is 263 g/mol. The van der Waals surface area contributed by atoms with E-state index in [9.17, 15) is 14.0 Å². The van der Waals surface area contributed by atoms with Gasteiger partial charge in [-0.3, -0.25) is 9.59 Å². The fourth-order valence-electron chi connectivity index (χ4n) is 2.06. The fourth-order valence-corrected chi connectivity index (χ4v) is 2.06. The molecule has 0 radical (unpaired) electrons. The highest BCUT2D eigenvalue weighted by molar-refractivity contribution is 5.89. The number of nitrogens with zero attached hydrogens (tertiary/aromatic N) is 1. The highest BCUT2D eigenvalue weighted by atomic mass is 19.1. The molecule has 1 atom stereocenters. The second kappa shape index (κ2) is 6.36. The maximum atomic E-state index is 13.3. The molecule has 1 heterocycles. The normalized spacial score (nSPS) is 17.7. The van der Waals surface area contributed by atoms with Gasteiger partial charge in [0.25, 0.3) is 0 Å². The van der Waals surface area contributed by atoms with Gasteiger partial charge in [-0.1, -0.05) is 12.1 Å². The average Bonchev–Trinajstić information content (AvgIpc) is 2.86. The minimum atomic E-state index is -0.424. The van der Waals surface area contributed by atoms with Crippen LogP contribution in [0.5, 0.6) is 5.75 Å². The highest BCUT2D eigenvalue weighted by Gasteiger charge is 2.29. The number of halogens is 1. The second-order valence-electron chi connectivity index (χ2n) is 4.74. The minimum absolute atomic E-state index is 0.0968. The molecule has 1 N–H and O–H groups in total. The number of carbonyl (C=O) groups is 2. The van der Waals surface area contributed by atoms with Gasteiger partial charge in [0.1, 0.15) is 6.61 Å². The van der Waals surface area contributed by atoms with E-state index in [0.29, 0.717) is 13.1 Å². The quantitative estimate of drug-likeness (QED) is 0.868. The van der Waals surface area contributed by atoms with Crippen LogP contribution >= 0.6 is 0 Å². The Morgan fingerprint density at radius 1 is 1.50 bits per heavy atom. The van der Waals surface area contributed by atoms with Crippen molar-refractivity contribution in [3.05, 3.63) is 30.1 Å². The molecular formula is C14H17FN2O3. The lowest BCUT2D eigenvalue weighted by Gasteiger charge is -2.20. The Hall–Kier alpha value is -2.11. The number of likely N-dealkylation sites (N-methyl/N-ethyl adjacent to an activating group) is 1. The van der Waals surface area contributed by atoms with Crippen molar-refractivity contribution in [1.82, 2.24) is 10.2 Å². The molecule has 1 aromatic rings. The minimum Gasteiger partial charge on any atom is -0.489 e. The first-order valence-electron chi connectivity index (χ1n) is 6.47. The molecule has 1 aliphatic rings. The Labute approximate surface area is 116 Å². The van der Waals surface area contributed by atoms with Crippen molar-refractivity contribution < 1.29 is 18.7 Å². The summed E-state index contributed by atoms with van der Waals surface area (Å²) >= 11 is 0. The first kappa shape index (κ1) is 14.3. The van der Waals surface area contributed by atoms with Crippen LogP contribution < -0.4 is 10.1 Å². The molecule has 6 heteroatoms. The maximum Gasteiger partial charge on any atom is 0.227 e. The molecule has 1 aromatic carbocycles. The van der Waals surface area contributed by atoms with Gasteiger partial charge in [-0.15, -0.1) is 0 Å². The van der Waals surface area contributed by atoms with Gasteiger partial charge in [0.2, 0.25) is 11.8 Å². The molecule has 108 valence electrons. The summed E-state index contributed by atoms with van der Waals surface area (Å²) in [6.45, 7) is 0.936.